The molecule has 9 nitrogen and oxygen atoms in total. The van der Waals surface area contributed by atoms with Crippen molar-refractivity contribution in [2.75, 3.05) is 19.8 Å². The van der Waals surface area contributed by atoms with Crippen LogP contribution in [0, 0.1) is 0 Å². The lowest BCUT2D eigenvalue weighted by Gasteiger charge is -2.17. The average Bonchev–Trinajstić information content (AvgIpc) is 2.89. The molecule has 1 aliphatic rings. The number of nitrogens with one attached hydrogen (secondary N) is 1. The van der Waals surface area contributed by atoms with Crippen molar-refractivity contribution < 1.29 is 33.4 Å². The largest absolute Gasteiger partial charge is 0.464 e. The molecule has 0 aromatic heterocycles. The standard InChI is InChI=1S/C18H20N2O7/c1-3-26-17(24)14(18(25)27-4-2)19-13(21)9-10-20-15(22)11-7-5-6-8-12(11)16(20)23/h5-8,14H,3-4,9-10H2,1-2H3,(H,19,21). The lowest BCUT2D eigenvalue weighted by atomic mass is 10.1. The summed E-state index contributed by atoms with van der Waals surface area (Å²) in [6.07, 6.45) is -0.277. The van der Waals surface area contributed by atoms with Crippen LogP contribution in [0.4, 0.5) is 0 Å². The van der Waals surface area contributed by atoms with Crippen molar-refractivity contribution in [3.05, 3.63) is 35.4 Å². The molecule has 0 bridgehead atoms. The third kappa shape index (κ3) is 4.49. The van der Waals surface area contributed by atoms with Crippen LogP contribution in [-0.4, -0.2) is 60.4 Å². The molecule has 0 saturated heterocycles. The van der Waals surface area contributed by atoms with Crippen molar-refractivity contribution in [1.29, 1.82) is 0 Å². The number of fused-ring (bicyclic) bond motifs is 1. The van der Waals surface area contributed by atoms with Crippen LogP contribution in [0.25, 0.3) is 0 Å². The van der Waals surface area contributed by atoms with Crippen LogP contribution >= 0.6 is 0 Å². The second-order valence-electron chi connectivity index (χ2n) is 5.56. The van der Waals surface area contributed by atoms with Gasteiger partial charge in [0.1, 0.15) is 0 Å². The Morgan fingerprint density at radius 3 is 1.89 bits per heavy atom. The summed E-state index contributed by atoms with van der Waals surface area (Å²) in [5.41, 5.74) is 0.553. The molecule has 1 aromatic rings. The van der Waals surface area contributed by atoms with Crippen molar-refractivity contribution in [2.24, 2.45) is 0 Å². The molecule has 0 unspecified atom stereocenters. The van der Waals surface area contributed by atoms with Gasteiger partial charge in [-0.15, -0.1) is 0 Å². The van der Waals surface area contributed by atoms with Gasteiger partial charge in [0.2, 0.25) is 11.9 Å². The molecule has 3 amide bonds. The maximum absolute atomic E-state index is 12.3. The topological polar surface area (TPSA) is 119 Å². The predicted octanol–water partition coefficient (Wildman–Crippen LogP) is 0.284. The van der Waals surface area contributed by atoms with Gasteiger partial charge in [0.05, 0.1) is 24.3 Å². The number of carbonyl (C=O) groups excluding carboxylic acids is 5. The van der Waals surface area contributed by atoms with E-state index in [-0.39, 0.29) is 37.3 Å². The van der Waals surface area contributed by atoms with Crippen molar-refractivity contribution in [3.8, 4) is 0 Å². The molecule has 0 fully saturated rings. The van der Waals surface area contributed by atoms with Gasteiger partial charge in [-0.05, 0) is 26.0 Å². The van der Waals surface area contributed by atoms with Crippen LogP contribution in [-0.2, 0) is 23.9 Å². The predicted molar refractivity (Wildman–Crippen MR) is 91.6 cm³/mol. The fourth-order valence-electron chi connectivity index (χ4n) is 2.55. The molecule has 27 heavy (non-hydrogen) atoms. The van der Waals surface area contributed by atoms with Crippen LogP contribution < -0.4 is 5.32 Å². The fourth-order valence-corrected chi connectivity index (χ4v) is 2.55. The molecule has 1 N–H and O–H groups in total. The van der Waals surface area contributed by atoms with Crippen molar-refractivity contribution in [1.82, 2.24) is 10.2 Å². The zero-order chi connectivity index (χ0) is 20.0. The number of hydrogen-bond acceptors (Lipinski definition) is 7. The van der Waals surface area contributed by atoms with E-state index in [4.69, 9.17) is 9.47 Å². The molecule has 1 aromatic carbocycles. The van der Waals surface area contributed by atoms with Gasteiger partial charge in [-0.2, -0.15) is 0 Å². The molecule has 1 heterocycles. The normalized spacial score (nSPS) is 12.8. The maximum Gasteiger partial charge on any atom is 0.340 e. The summed E-state index contributed by atoms with van der Waals surface area (Å²) in [5, 5.41) is 2.22. The van der Waals surface area contributed by atoms with Gasteiger partial charge in [-0.1, -0.05) is 12.1 Å². The molecular formula is C18H20N2O7. The summed E-state index contributed by atoms with van der Waals surface area (Å²) in [5.74, 6) is -3.56. The van der Waals surface area contributed by atoms with E-state index < -0.39 is 35.7 Å². The number of imide groups is 1. The zero-order valence-electron chi connectivity index (χ0n) is 15.0. The van der Waals surface area contributed by atoms with Crippen molar-refractivity contribution in [2.45, 2.75) is 26.3 Å². The van der Waals surface area contributed by atoms with E-state index in [9.17, 15) is 24.0 Å². The summed E-state index contributed by atoms with van der Waals surface area (Å²) in [4.78, 5) is 61.3. The van der Waals surface area contributed by atoms with Crippen LogP contribution in [0.5, 0.6) is 0 Å². The molecule has 0 spiro atoms. The molecule has 2 rings (SSSR count). The fraction of sp³-hybridized carbons (Fsp3) is 0.389. The number of amides is 3. The summed E-state index contributed by atoms with van der Waals surface area (Å²) in [6, 6.07) is 4.76. The summed E-state index contributed by atoms with van der Waals surface area (Å²) < 4.78 is 9.51. The molecule has 0 aliphatic carbocycles. The lowest BCUT2D eigenvalue weighted by molar-refractivity contribution is -0.159. The van der Waals surface area contributed by atoms with E-state index in [0.717, 1.165) is 4.90 Å². The van der Waals surface area contributed by atoms with Crippen LogP contribution in [0.1, 0.15) is 41.0 Å². The molecule has 1 aliphatic heterocycles. The number of carbonyl (C=O) groups is 5. The first kappa shape index (κ1) is 20.1. The first-order valence-electron chi connectivity index (χ1n) is 8.48. The van der Waals surface area contributed by atoms with E-state index in [1.54, 1.807) is 26.0 Å². The van der Waals surface area contributed by atoms with E-state index in [1.807, 2.05) is 0 Å². The highest BCUT2D eigenvalue weighted by Crippen LogP contribution is 2.22. The molecule has 0 radical (unpaired) electrons. The SMILES string of the molecule is CCOC(=O)C(NC(=O)CCN1C(=O)c2ccccc2C1=O)C(=O)OCC. The third-order valence-corrected chi connectivity index (χ3v) is 3.79. The average molecular weight is 376 g/mol. The zero-order valence-corrected chi connectivity index (χ0v) is 15.0. The summed E-state index contributed by atoms with van der Waals surface area (Å²) in [7, 11) is 0. The molecular weight excluding hydrogens is 356 g/mol. The lowest BCUT2D eigenvalue weighted by Crippen LogP contribution is -2.49. The van der Waals surface area contributed by atoms with Gasteiger partial charge in [0, 0.05) is 13.0 Å². The minimum absolute atomic E-state index is 0.0274. The first-order valence-corrected chi connectivity index (χ1v) is 8.48. The van der Waals surface area contributed by atoms with Gasteiger partial charge >= 0.3 is 11.9 Å². The Labute approximate surface area is 155 Å². The minimum Gasteiger partial charge on any atom is -0.464 e. The number of hydrogen-bond donors (Lipinski definition) is 1. The number of nitrogens with zero attached hydrogens (tertiary/aromatic N) is 1. The monoisotopic (exact) mass is 376 g/mol. The summed E-state index contributed by atoms with van der Waals surface area (Å²) >= 11 is 0. The van der Waals surface area contributed by atoms with Crippen LogP contribution in [0.3, 0.4) is 0 Å². The Morgan fingerprint density at radius 1 is 0.963 bits per heavy atom. The van der Waals surface area contributed by atoms with E-state index in [2.05, 4.69) is 5.32 Å². The highest BCUT2D eigenvalue weighted by molar-refractivity contribution is 6.21. The number of benzene rings is 1. The molecule has 144 valence electrons. The Balaban J connectivity index is 1.98. The molecule has 9 heteroatoms. The van der Waals surface area contributed by atoms with Gasteiger partial charge in [0.25, 0.3) is 11.8 Å². The van der Waals surface area contributed by atoms with Gasteiger partial charge in [-0.25, -0.2) is 9.59 Å². The first-order chi connectivity index (χ1) is 12.9. The summed E-state index contributed by atoms with van der Waals surface area (Å²) in [6.45, 7) is 2.99. The maximum atomic E-state index is 12.3. The van der Waals surface area contributed by atoms with E-state index in [0.29, 0.717) is 0 Å². The van der Waals surface area contributed by atoms with Crippen molar-refractivity contribution >= 4 is 29.7 Å². The quantitative estimate of drug-likeness (QED) is 0.393. The number of ether oxygens (including phenoxy) is 2. The Morgan fingerprint density at radius 2 is 1.44 bits per heavy atom. The van der Waals surface area contributed by atoms with Gasteiger partial charge < -0.3 is 14.8 Å². The van der Waals surface area contributed by atoms with E-state index >= 15 is 0 Å². The van der Waals surface area contributed by atoms with Crippen LogP contribution in [0.2, 0.25) is 0 Å². The third-order valence-electron chi connectivity index (χ3n) is 3.79. The number of esters is 2. The molecule has 0 saturated carbocycles. The highest BCUT2D eigenvalue weighted by Gasteiger charge is 2.36. The van der Waals surface area contributed by atoms with Gasteiger partial charge in [0.15, 0.2) is 0 Å². The van der Waals surface area contributed by atoms with Gasteiger partial charge in [-0.3, -0.25) is 19.3 Å². The Kier molecular flexibility index (Phi) is 6.64. The minimum atomic E-state index is -1.60. The van der Waals surface area contributed by atoms with E-state index in [1.165, 1.54) is 12.1 Å². The second kappa shape index (κ2) is 8.93. The van der Waals surface area contributed by atoms with Crippen LogP contribution in [0.15, 0.2) is 24.3 Å². The molecule has 0 atom stereocenters. The smallest absolute Gasteiger partial charge is 0.340 e. The Hall–Kier alpha value is -3.23. The highest BCUT2D eigenvalue weighted by atomic mass is 16.6. The second-order valence-corrected chi connectivity index (χ2v) is 5.56. The number of rotatable bonds is 8. The van der Waals surface area contributed by atoms with Crippen molar-refractivity contribution in [3.63, 3.8) is 0 Å². The Bertz CT molecular complexity index is 722.